The Labute approximate surface area is 212 Å². The number of benzene rings is 2. The van der Waals surface area contributed by atoms with Crippen LogP contribution in [0.15, 0.2) is 71.5 Å². The van der Waals surface area contributed by atoms with Gasteiger partial charge < -0.3 is 4.90 Å². The Kier molecular flexibility index (Phi) is 7.89. The van der Waals surface area contributed by atoms with Crippen molar-refractivity contribution in [3.8, 4) is 0 Å². The highest BCUT2D eigenvalue weighted by atomic mass is 32.2. The predicted octanol–water partition coefficient (Wildman–Crippen LogP) is 5.63. The second kappa shape index (κ2) is 10.9. The number of carbonyl (C=O) groups excluding carboxylic acids is 1. The van der Waals surface area contributed by atoms with E-state index in [1.165, 1.54) is 14.6 Å². The van der Waals surface area contributed by atoms with Crippen molar-refractivity contribution in [2.75, 3.05) is 13.1 Å². The van der Waals surface area contributed by atoms with Gasteiger partial charge in [-0.15, -0.1) is 11.3 Å². The molecule has 1 aromatic heterocycles. The van der Waals surface area contributed by atoms with Crippen LogP contribution in [0.2, 0.25) is 0 Å². The molecular weight excluding hydrogens is 476 g/mol. The van der Waals surface area contributed by atoms with Crippen LogP contribution in [0.3, 0.4) is 0 Å². The fourth-order valence-corrected chi connectivity index (χ4v) is 6.75. The molecule has 4 rings (SSSR count). The molecule has 0 aliphatic carbocycles. The van der Waals surface area contributed by atoms with Crippen LogP contribution >= 0.6 is 11.3 Å². The highest BCUT2D eigenvalue weighted by Gasteiger charge is 2.35. The molecule has 0 spiro atoms. The number of amides is 1. The number of aryl methyl sites for hydroxylation is 1. The Morgan fingerprint density at radius 1 is 1.14 bits per heavy atom. The highest BCUT2D eigenvalue weighted by Crippen LogP contribution is 2.38. The zero-order valence-electron chi connectivity index (χ0n) is 20.4. The van der Waals surface area contributed by atoms with Gasteiger partial charge >= 0.3 is 0 Å². The topological polar surface area (TPSA) is 57.7 Å². The molecule has 2 unspecified atom stereocenters. The minimum absolute atomic E-state index is 0.176. The van der Waals surface area contributed by atoms with E-state index in [0.29, 0.717) is 13.0 Å². The van der Waals surface area contributed by atoms with Crippen LogP contribution in [0.5, 0.6) is 0 Å². The van der Waals surface area contributed by atoms with Crippen LogP contribution < -0.4 is 0 Å². The van der Waals surface area contributed by atoms with Gasteiger partial charge in [0.15, 0.2) is 0 Å². The number of carbonyl (C=O) groups is 1. The van der Waals surface area contributed by atoms with Gasteiger partial charge in [-0.3, -0.25) is 4.79 Å². The second-order valence-corrected chi connectivity index (χ2v) is 11.8. The minimum Gasteiger partial charge on any atom is -0.330 e. The number of rotatable bonds is 8. The number of fused-ring (bicyclic) bond motifs is 1. The van der Waals surface area contributed by atoms with E-state index in [1.54, 1.807) is 17.4 Å². The Balaban J connectivity index is 1.62. The summed E-state index contributed by atoms with van der Waals surface area (Å²) in [6, 6.07) is 19.2. The molecule has 2 heterocycles. The molecule has 0 saturated heterocycles. The van der Waals surface area contributed by atoms with Crippen molar-refractivity contribution in [2.45, 2.75) is 45.7 Å². The van der Waals surface area contributed by atoms with E-state index in [4.69, 9.17) is 0 Å². The molecule has 184 valence electrons. The summed E-state index contributed by atoms with van der Waals surface area (Å²) in [6.07, 6.45) is 2.98. The number of hydrogen-bond donors (Lipinski definition) is 0. The monoisotopic (exact) mass is 508 g/mol. The van der Waals surface area contributed by atoms with Crippen molar-refractivity contribution in [3.63, 3.8) is 0 Å². The molecule has 0 radical (unpaired) electrons. The van der Waals surface area contributed by atoms with Crippen molar-refractivity contribution >= 4 is 33.3 Å². The van der Waals surface area contributed by atoms with Crippen molar-refractivity contribution in [1.82, 2.24) is 9.21 Å². The van der Waals surface area contributed by atoms with Crippen LogP contribution in [0, 0.1) is 6.92 Å². The average Bonchev–Trinajstić information content (AvgIpc) is 3.35. The summed E-state index contributed by atoms with van der Waals surface area (Å²) >= 11 is 1.72. The maximum absolute atomic E-state index is 13.7. The first-order valence-corrected chi connectivity index (χ1v) is 14.4. The molecule has 0 N–H and O–H groups in total. The van der Waals surface area contributed by atoms with E-state index in [2.05, 4.69) is 35.7 Å². The summed E-state index contributed by atoms with van der Waals surface area (Å²) < 4.78 is 28.0. The van der Waals surface area contributed by atoms with Gasteiger partial charge in [0, 0.05) is 22.9 Å². The molecule has 7 heteroatoms. The van der Waals surface area contributed by atoms with Crippen LogP contribution in [-0.2, 0) is 21.2 Å². The standard InChI is InChI=1S/C28H32N2O3S2/c1-4-22(3)30(35(32,33)19-16-23-8-6-5-7-9-23)20-27(31)29-17-14-26-25(15-18-34-26)28(29)24-12-10-21(2)11-13-24/h5-13,15-16,18-19,22,28H,4,14,17,20H2,1-3H3. The smallest absolute Gasteiger partial charge is 0.238 e. The Hall–Kier alpha value is -2.74. The normalized spacial score (nSPS) is 17.0. The largest absolute Gasteiger partial charge is 0.330 e. The van der Waals surface area contributed by atoms with Crippen LogP contribution in [0.1, 0.15) is 53.4 Å². The summed E-state index contributed by atoms with van der Waals surface area (Å²) in [7, 11) is -3.80. The fraction of sp³-hybridized carbons (Fsp3) is 0.321. The van der Waals surface area contributed by atoms with E-state index >= 15 is 0 Å². The molecule has 2 atom stereocenters. The van der Waals surface area contributed by atoms with Crippen LogP contribution in [-0.4, -0.2) is 42.7 Å². The molecule has 5 nitrogen and oxygen atoms in total. The van der Waals surface area contributed by atoms with E-state index in [1.807, 2.05) is 56.0 Å². The van der Waals surface area contributed by atoms with Gasteiger partial charge in [-0.05, 0) is 60.9 Å². The summed E-state index contributed by atoms with van der Waals surface area (Å²) in [4.78, 5) is 16.9. The molecule has 1 aliphatic heterocycles. The van der Waals surface area contributed by atoms with E-state index < -0.39 is 10.0 Å². The third-order valence-electron chi connectivity index (χ3n) is 6.61. The quantitative estimate of drug-likeness (QED) is 0.396. The lowest BCUT2D eigenvalue weighted by Crippen LogP contribution is -2.48. The second-order valence-electron chi connectivity index (χ2n) is 9.01. The summed E-state index contributed by atoms with van der Waals surface area (Å²) in [6.45, 7) is 6.22. The minimum atomic E-state index is -3.80. The number of thiophene rings is 1. The van der Waals surface area contributed by atoms with Crippen molar-refractivity contribution in [2.24, 2.45) is 0 Å². The lowest BCUT2D eigenvalue weighted by Gasteiger charge is -2.38. The average molecular weight is 509 g/mol. The third-order valence-corrected chi connectivity index (χ3v) is 9.23. The van der Waals surface area contributed by atoms with Gasteiger partial charge in [0.25, 0.3) is 0 Å². The molecular formula is C28H32N2O3S2. The molecule has 0 bridgehead atoms. The zero-order chi connectivity index (χ0) is 25.0. The van der Waals surface area contributed by atoms with Crippen molar-refractivity contribution in [1.29, 1.82) is 0 Å². The van der Waals surface area contributed by atoms with Crippen LogP contribution in [0.4, 0.5) is 0 Å². The summed E-state index contributed by atoms with van der Waals surface area (Å²) in [5.74, 6) is -0.176. The molecule has 3 aromatic rings. The molecule has 2 aromatic carbocycles. The first-order valence-electron chi connectivity index (χ1n) is 12.0. The third kappa shape index (κ3) is 5.74. The van der Waals surface area contributed by atoms with Crippen molar-refractivity contribution < 1.29 is 13.2 Å². The maximum atomic E-state index is 13.7. The summed E-state index contributed by atoms with van der Waals surface area (Å²) in [5.41, 5.74) is 4.14. The van der Waals surface area contributed by atoms with Gasteiger partial charge in [-0.2, -0.15) is 4.31 Å². The van der Waals surface area contributed by atoms with Gasteiger partial charge in [0.05, 0.1) is 12.6 Å². The molecule has 1 amide bonds. The predicted molar refractivity (Wildman–Crippen MR) is 144 cm³/mol. The number of nitrogens with zero attached hydrogens (tertiary/aromatic N) is 2. The van der Waals surface area contributed by atoms with Gasteiger partial charge in [0.2, 0.25) is 15.9 Å². The first-order chi connectivity index (χ1) is 16.8. The Morgan fingerprint density at radius 2 is 1.86 bits per heavy atom. The first kappa shape index (κ1) is 25.4. The van der Waals surface area contributed by atoms with Gasteiger partial charge in [-0.25, -0.2) is 8.42 Å². The lowest BCUT2D eigenvalue weighted by molar-refractivity contribution is -0.133. The van der Waals surface area contributed by atoms with Crippen LogP contribution in [0.25, 0.3) is 6.08 Å². The van der Waals surface area contributed by atoms with Crippen molar-refractivity contribution in [3.05, 3.63) is 98.6 Å². The Bertz CT molecular complexity index is 1280. The maximum Gasteiger partial charge on any atom is 0.238 e. The lowest BCUT2D eigenvalue weighted by atomic mass is 9.92. The summed E-state index contributed by atoms with van der Waals surface area (Å²) in [5, 5.41) is 3.29. The highest BCUT2D eigenvalue weighted by molar-refractivity contribution is 7.92. The Morgan fingerprint density at radius 3 is 2.54 bits per heavy atom. The zero-order valence-corrected chi connectivity index (χ0v) is 22.1. The fourth-order valence-electron chi connectivity index (χ4n) is 4.42. The number of hydrogen-bond acceptors (Lipinski definition) is 4. The molecule has 1 aliphatic rings. The molecule has 0 saturated carbocycles. The van der Waals surface area contributed by atoms with Gasteiger partial charge in [0.1, 0.15) is 0 Å². The van der Waals surface area contributed by atoms with E-state index in [0.717, 1.165) is 28.7 Å². The number of sulfonamides is 1. The van der Waals surface area contributed by atoms with Gasteiger partial charge in [-0.1, -0.05) is 67.1 Å². The SMILES string of the molecule is CCC(C)N(CC(=O)N1CCc2sccc2C1c1ccc(C)cc1)S(=O)(=O)C=Cc1ccccc1. The molecule has 0 fully saturated rings. The van der Waals surface area contributed by atoms with E-state index in [9.17, 15) is 13.2 Å². The van der Waals surface area contributed by atoms with E-state index in [-0.39, 0.29) is 24.5 Å². The molecule has 35 heavy (non-hydrogen) atoms.